The predicted molar refractivity (Wildman–Crippen MR) is 135 cm³/mol. The fourth-order valence-electron chi connectivity index (χ4n) is 4.09. The van der Waals surface area contributed by atoms with Crippen LogP contribution < -0.4 is 0 Å². The Kier molecular flexibility index (Phi) is 6.97. The summed E-state index contributed by atoms with van der Waals surface area (Å²) in [4.78, 5) is 22.4. The van der Waals surface area contributed by atoms with Gasteiger partial charge in [-0.25, -0.2) is 8.78 Å². The lowest BCUT2D eigenvalue weighted by molar-refractivity contribution is -0.139. The van der Waals surface area contributed by atoms with Gasteiger partial charge in [-0.2, -0.15) is 0 Å². The maximum atomic E-state index is 14.9. The summed E-state index contributed by atoms with van der Waals surface area (Å²) < 4.78 is 29.8. The van der Waals surface area contributed by atoms with Crippen molar-refractivity contribution in [2.24, 2.45) is 0 Å². The Morgan fingerprint density at radius 3 is 1.28 bits per heavy atom. The maximum Gasteiger partial charge on any atom is 0.310 e. The average Bonchev–Trinajstić information content (AvgIpc) is 2.87. The molecule has 0 aliphatic rings. The van der Waals surface area contributed by atoms with Crippen LogP contribution in [0.2, 0.25) is 0 Å². The third kappa shape index (κ3) is 5.03. The van der Waals surface area contributed by atoms with E-state index < -0.39 is 35.4 Å². The van der Waals surface area contributed by atoms with Gasteiger partial charge in [-0.15, -0.1) is 0 Å². The first-order chi connectivity index (χ1) is 17.2. The number of benzene rings is 4. The molecule has 0 unspecified atom stereocenters. The number of carbonyl (C=O) groups is 2. The molecule has 0 fully saturated rings. The summed E-state index contributed by atoms with van der Waals surface area (Å²) in [6.07, 6.45) is 0. The molecule has 0 amide bonds. The highest BCUT2D eigenvalue weighted by molar-refractivity contribution is 5.79. The van der Waals surface area contributed by atoms with Crippen molar-refractivity contribution in [3.63, 3.8) is 0 Å². The molecule has 4 aromatic carbocycles. The van der Waals surface area contributed by atoms with Crippen molar-refractivity contribution >= 4 is 11.9 Å². The van der Waals surface area contributed by atoms with Gasteiger partial charge < -0.3 is 10.2 Å². The van der Waals surface area contributed by atoms with Crippen LogP contribution >= 0.6 is 0 Å². The molecule has 0 bridgehead atoms. The second-order valence-corrected chi connectivity index (χ2v) is 8.76. The second-order valence-electron chi connectivity index (χ2n) is 8.76. The number of rotatable bonds is 7. The maximum absolute atomic E-state index is 14.9. The summed E-state index contributed by atoms with van der Waals surface area (Å²) >= 11 is 0. The van der Waals surface area contributed by atoms with Gasteiger partial charge >= 0.3 is 11.9 Å². The summed E-state index contributed by atoms with van der Waals surface area (Å²) in [5, 5.41) is 18.4. The summed E-state index contributed by atoms with van der Waals surface area (Å²) in [6, 6.07) is 23.4. The molecular formula is C30H24F2O4. The molecule has 6 heteroatoms. The molecular weight excluding hydrogens is 462 g/mol. The van der Waals surface area contributed by atoms with Crippen molar-refractivity contribution in [3.8, 4) is 33.4 Å². The Morgan fingerprint density at radius 1 is 0.583 bits per heavy atom. The zero-order valence-corrected chi connectivity index (χ0v) is 19.7. The van der Waals surface area contributed by atoms with Crippen LogP contribution in [0.1, 0.15) is 36.8 Å². The SMILES string of the molecule is C[C@H](C(=O)O)c1ccc(-c2cccc(-c3cccc(-c4ccc([C@@H](C)C(=O)O)cc4F)c3)c2)c(F)c1. The van der Waals surface area contributed by atoms with Crippen molar-refractivity contribution in [2.75, 3.05) is 0 Å². The monoisotopic (exact) mass is 486 g/mol. The van der Waals surface area contributed by atoms with Gasteiger partial charge in [0.15, 0.2) is 0 Å². The molecule has 0 aliphatic heterocycles. The van der Waals surface area contributed by atoms with Crippen LogP contribution in [0.5, 0.6) is 0 Å². The van der Waals surface area contributed by atoms with E-state index in [0.29, 0.717) is 33.4 Å². The molecule has 0 aromatic heterocycles. The normalized spacial score (nSPS) is 12.7. The largest absolute Gasteiger partial charge is 0.481 e. The Labute approximate surface area is 207 Å². The number of aliphatic carboxylic acids is 2. The minimum atomic E-state index is -1.02. The lowest BCUT2D eigenvalue weighted by atomic mass is 9.93. The number of halogens is 2. The topological polar surface area (TPSA) is 74.6 Å². The summed E-state index contributed by atoms with van der Waals surface area (Å²) in [5.74, 6) is -4.69. The summed E-state index contributed by atoms with van der Waals surface area (Å²) in [6.45, 7) is 3.01. The van der Waals surface area contributed by atoms with E-state index in [9.17, 15) is 28.6 Å². The summed E-state index contributed by atoms with van der Waals surface area (Å²) in [7, 11) is 0. The Hall–Kier alpha value is -4.32. The lowest BCUT2D eigenvalue weighted by Crippen LogP contribution is -2.07. The third-order valence-electron chi connectivity index (χ3n) is 6.41. The molecule has 4 aromatic rings. The first-order valence-corrected chi connectivity index (χ1v) is 11.4. The van der Waals surface area contributed by atoms with Crippen molar-refractivity contribution in [1.29, 1.82) is 0 Å². The highest BCUT2D eigenvalue weighted by atomic mass is 19.1. The van der Waals surface area contributed by atoms with Crippen LogP contribution in [0.4, 0.5) is 8.78 Å². The molecule has 0 saturated heterocycles. The van der Waals surface area contributed by atoms with Gasteiger partial charge in [-0.1, -0.05) is 60.7 Å². The van der Waals surface area contributed by atoms with Crippen LogP contribution in [-0.2, 0) is 9.59 Å². The molecule has 4 nitrogen and oxygen atoms in total. The van der Waals surface area contributed by atoms with E-state index in [-0.39, 0.29) is 0 Å². The van der Waals surface area contributed by atoms with Gasteiger partial charge in [0.2, 0.25) is 0 Å². The summed E-state index contributed by atoms with van der Waals surface area (Å²) in [5.41, 5.74) is 4.33. The molecule has 0 radical (unpaired) electrons. The average molecular weight is 487 g/mol. The van der Waals surface area contributed by atoms with Gasteiger partial charge in [-0.3, -0.25) is 9.59 Å². The quantitative estimate of drug-likeness (QED) is 0.287. The molecule has 182 valence electrons. The molecule has 4 rings (SSSR count). The van der Waals surface area contributed by atoms with Crippen molar-refractivity contribution < 1.29 is 28.6 Å². The third-order valence-corrected chi connectivity index (χ3v) is 6.41. The lowest BCUT2D eigenvalue weighted by Gasteiger charge is -2.12. The smallest absolute Gasteiger partial charge is 0.310 e. The van der Waals surface area contributed by atoms with Crippen LogP contribution in [0.15, 0.2) is 84.9 Å². The van der Waals surface area contributed by atoms with Crippen LogP contribution in [0.25, 0.3) is 33.4 Å². The van der Waals surface area contributed by atoms with E-state index in [1.165, 1.54) is 26.0 Å². The Balaban J connectivity index is 1.67. The number of hydrogen-bond donors (Lipinski definition) is 2. The van der Waals surface area contributed by atoms with Gasteiger partial charge in [0.1, 0.15) is 11.6 Å². The predicted octanol–water partition coefficient (Wildman–Crippen LogP) is 7.34. The van der Waals surface area contributed by atoms with E-state index in [1.54, 1.807) is 48.5 Å². The number of carboxylic acid groups (broad SMARTS) is 2. The highest BCUT2D eigenvalue weighted by Crippen LogP contribution is 2.33. The zero-order chi connectivity index (χ0) is 26.0. The van der Waals surface area contributed by atoms with Crippen molar-refractivity contribution in [3.05, 3.63) is 108 Å². The van der Waals surface area contributed by atoms with Crippen molar-refractivity contribution in [2.45, 2.75) is 25.7 Å². The molecule has 0 saturated carbocycles. The molecule has 2 atom stereocenters. The van der Waals surface area contributed by atoms with E-state index in [0.717, 1.165) is 11.1 Å². The van der Waals surface area contributed by atoms with Gasteiger partial charge in [0, 0.05) is 11.1 Å². The van der Waals surface area contributed by atoms with Gasteiger partial charge in [0.05, 0.1) is 11.8 Å². The number of hydrogen-bond acceptors (Lipinski definition) is 2. The van der Waals surface area contributed by atoms with Crippen molar-refractivity contribution in [1.82, 2.24) is 0 Å². The number of carboxylic acids is 2. The van der Waals surface area contributed by atoms with Gasteiger partial charge in [-0.05, 0) is 71.5 Å². The van der Waals surface area contributed by atoms with Crippen LogP contribution in [0.3, 0.4) is 0 Å². The molecule has 0 spiro atoms. The van der Waals surface area contributed by atoms with Gasteiger partial charge in [0.25, 0.3) is 0 Å². The second kappa shape index (κ2) is 10.1. The van der Waals surface area contributed by atoms with E-state index >= 15 is 0 Å². The van der Waals surface area contributed by atoms with E-state index in [1.807, 2.05) is 24.3 Å². The molecule has 36 heavy (non-hydrogen) atoms. The zero-order valence-electron chi connectivity index (χ0n) is 19.7. The van der Waals surface area contributed by atoms with Crippen LogP contribution in [-0.4, -0.2) is 22.2 Å². The first-order valence-electron chi connectivity index (χ1n) is 11.4. The minimum absolute atomic E-state index is 0.350. The first kappa shape index (κ1) is 24.8. The fourth-order valence-corrected chi connectivity index (χ4v) is 4.09. The standard InChI is InChI=1S/C30H24F2O4/c1-17(29(33)34)19-9-11-25(27(31)15-19)23-7-3-5-21(13-23)22-6-4-8-24(14-22)26-12-10-20(16-28(26)32)18(2)30(35)36/h3-18H,1-2H3,(H,33,34)(H,35,36)/t17-,18+. The molecule has 0 heterocycles. The fraction of sp³-hybridized carbons (Fsp3) is 0.133. The highest BCUT2D eigenvalue weighted by Gasteiger charge is 2.18. The van der Waals surface area contributed by atoms with E-state index in [2.05, 4.69) is 0 Å². The molecule has 2 N–H and O–H groups in total. The van der Waals surface area contributed by atoms with Crippen LogP contribution in [0, 0.1) is 11.6 Å². The Morgan fingerprint density at radius 2 is 0.944 bits per heavy atom. The Bertz CT molecular complexity index is 1350. The van der Waals surface area contributed by atoms with E-state index in [4.69, 9.17) is 0 Å². The minimum Gasteiger partial charge on any atom is -0.481 e. The molecule has 0 aliphatic carbocycles.